The molecule has 4 nitrogen and oxygen atoms in total. The van der Waals surface area contributed by atoms with Crippen molar-refractivity contribution in [2.45, 2.75) is 17.8 Å². The van der Waals surface area contributed by atoms with E-state index in [9.17, 15) is 35.9 Å². The molecular weight excluding hydrogens is 422 g/mol. The minimum Gasteiger partial charge on any atom is -0.478 e. The zero-order chi connectivity index (χ0) is 20.4. The van der Waals surface area contributed by atoms with Crippen LogP contribution in [0, 0.1) is 0 Å². The maximum Gasteiger partial charge on any atom is 0.380 e. The summed E-state index contributed by atoms with van der Waals surface area (Å²) in [6.07, 6.45) is 0. The number of hydrogen-bond donors (Lipinski definition) is 2. The van der Waals surface area contributed by atoms with E-state index < -0.39 is 63.1 Å². The number of allylic oxidation sites excluding steroid dienone is 2. The van der Waals surface area contributed by atoms with Crippen molar-refractivity contribution in [3.05, 3.63) is 43.8 Å². The third-order valence-corrected chi connectivity index (χ3v) is 5.48. The van der Waals surface area contributed by atoms with Crippen LogP contribution in [0.4, 0.5) is 26.3 Å². The Bertz CT molecular complexity index is 912. The number of aromatic carboxylic acids is 2. The second-order valence-electron chi connectivity index (χ2n) is 5.48. The van der Waals surface area contributed by atoms with Gasteiger partial charge in [-0.05, 0) is 10.8 Å². The van der Waals surface area contributed by atoms with Gasteiger partial charge < -0.3 is 10.2 Å². The van der Waals surface area contributed by atoms with Gasteiger partial charge in [0.1, 0.15) is 0 Å². The Morgan fingerprint density at radius 3 is 1.33 bits per heavy atom. The molecule has 0 spiro atoms. The van der Waals surface area contributed by atoms with Crippen molar-refractivity contribution in [2.75, 3.05) is 0 Å². The van der Waals surface area contributed by atoms with Crippen LogP contribution in [0.3, 0.4) is 0 Å². The van der Waals surface area contributed by atoms with E-state index in [1.807, 2.05) is 0 Å². The van der Waals surface area contributed by atoms with E-state index in [0.29, 0.717) is 22.7 Å². The number of rotatable bonds is 4. The van der Waals surface area contributed by atoms with E-state index in [1.165, 1.54) is 0 Å². The van der Waals surface area contributed by atoms with Crippen molar-refractivity contribution >= 4 is 45.8 Å². The first-order valence-electron chi connectivity index (χ1n) is 6.84. The highest BCUT2D eigenvalue weighted by atomic mass is 32.1. The summed E-state index contributed by atoms with van der Waals surface area (Å²) in [7, 11) is 0. The summed E-state index contributed by atoms with van der Waals surface area (Å²) in [5.41, 5.74) is -7.53. The molecule has 27 heavy (non-hydrogen) atoms. The summed E-state index contributed by atoms with van der Waals surface area (Å²) in [5, 5.41) is 21.3. The van der Waals surface area contributed by atoms with Crippen LogP contribution in [0.15, 0.2) is 21.5 Å². The van der Waals surface area contributed by atoms with E-state index >= 15 is 0 Å². The molecule has 1 aliphatic rings. The smallest absolute Gasteiger partial charge is 0.380 e. The number of halogens is 6. The molecule has 0 unspecified atom stereocenters. The van der Waals surface area contributed by atoms with Crippen molar-refractivity contribution in [1.82, 2.24) is 0 Å². The van der Waals surface area contributed by atoms with Crippen molar-refractivity contribution in [1.29, 1.82) is 0 Å². The fraction of sp³-hybridized carbons (Fsp3) is 0.200. The number of carboxylic acid groups (broad SMARTS) is 2. The number of alkyl halides is 6. The third kappa shape index (κ3) is 2.42. The average molecular weight is 428 g/mol. The molecule has 0 fully saturated rings. The molecule has 2 N–H and O–H groups in total. The monoisotopic (exact) mass is 428 g/mol. The minimum atomic E-state index is -5.89. The number of thiophene rings is 2. The summed E-state index contributed by atoms with van der Waals surface area (Å²) in [6, 6.07) is 0. The van der Waals surface area contributed by atoms with Gasteiger partial charge >= 0.3 is 29.7 Å². The van der Waals surface area contributed by atoms with E-state index in [2.05, 4.69) is 0 Å². The van der Waals surface area contributed by atoms with Crippen LogP contribution in [0.1, 0.15) is 31.8 Å². The second kappa shape index (κ2) is 5.83. The summed E-state index contributed by atoms with van der Waals surface area (Å²) < 4.78 is 85.8. The summed E-state index contributed by atoms with van der Waals surface area (Å²) >= 11 is 1.08. The molecule has 1 aliphatic carbocycles. The van der Waals surface area contributed by atoms with Gasteiger partial charge in [0.15, 0.2) is 0 Å². The molecule has 2 heterocycles. The Kier molecular flexibility index (Phi) is 4.19. The zero-order valence-corrected chi connectivity index (χ0v) is 14.2. The minimum absolute atomic E-state index is 0.540. The van der Waals surface area contributed by atoms with Gasteiger partial charge in [-0.15, -0.1) is 0 Å². The first-order chi connectivity index (χ1) is 12.4. The average Bonchev–Trinajstić information content (AvgIpc) is 3.21. The zero-order valence-electron chi connectivity index (χ0n) is 12.6. The lowest BCUT2D eigenvalue weighted by atomic mass is 9.94. The predicted molar refractivity (Wildman–Crippen MR) is 84.2 cm³/mol. The van der Waals surface area contributed by atoms with Gasteiger partial charge in [0.2, 0.25) is 0 Å². The quantitative estimate of drug-likeness (QED) is 0.670. The van der Waals surface area contributed by atoms with Crippen LogP contribution < -0.4 is 0 Å². The van der Waals surface area contributed by atoms with Crippen LogP contribution in [0.25, 0.3) is 11.1 Å². The van der Waals surface area contributed by atoms with E-state index in [4.69, 9.17) is 10.2 Å². The molecule has 0 aliphatic heterocycles. The van der Waals surface area contributed by atoms with Gasteiger partial charge in [-0.2, -0.15) is 49.0 Å². The topological polar surface area (TPSA) is 74.6 Å². The van der Waals surface area contributed by atoms with Crippen LogP contribution in [0.5, 0.6) is 0 Å². The fourth-order valence-corrected chi connectivity index (χ4v) is 4.37. The standard InChI is InChI=1S/C15H6F6O4S2/c16-13(17)9(5-1-26-3-7(5)11(22)23)10(14(18,19)15(13,20)21)6-2-27-4-8(6)12(24)25/h1-4H,(H,22,23)(H,24,25). The van der Waals surface area contributed by atoms with E-state index in [1.54, 1.807) is 0 Å². The van der Waals surface area contributed by atoms with Gasteiger partial charge in [0, 0.05) is 33.0 Å². The van der Waals surface area contributed by atoms with Crippen LogP contribution in [0.2, 0.25) is 0 Å². The summed E-state index contributed by atoms with van der Waals surface area (Å²) in [5.74, 6) is -20.3. The van der Waals surface area contributed by atoms with Crippen LogP contribution >= 0.6 is 22.7 Å². The molecule has 0 saturated heterocycles. The lowest BCUT2D eigenvalue weighted by Gasteiger charge is -2.25. The molecule has 0 aromatic carbocycles. The lowest BCUT2D eigenvalue weighted by molar-refractivity contribution is -0.254. The normalized spacial score (nSPS) is 20.1. The van der Waals surface area contributed by atoms with Crippen LogP contribution in [-0.4, -0.2) is 39.9 Å². The first kappa shape index (κ1) is 19.4. The molecule has 2 aromatic rings. The third-order valence-electron chi connectivity index (χ3n) is 3.99. The Balaban J connectivity index is 2.47. The predicted octanol–water partition coefficient (Wildman–Crippen LogP) is 5.04. The van der Waals surface area contributed by atoms with Gasteiger partial charge in [0.25, 0.3) is 0 Å². The molecule has 144 valence electrons. The number of hydrogen-bond acceptors (Lipinski definition) is 4. The maximum absolute atomic E-state index is 14.4. The number of carbonyl (C=O) groups is 2. The van der Waals surface area contributed by atoms with Gasteiger partial charge in [-0.25, -0.2) is 9.59 Å². The largest absolute Gasteiger partial charge is 0.478 e. The molecule has 3 rings (SSSR count). The molecule has 2 aromatic heterocycles. The van der Waals surface area contributed by atoms with Gasteiger partial charge in [0.05, 0.1) is 11.1 Å². The highest BCUT2D eigenvalue weighted by Gasteiger charge is 2.80. The fourth-order valence-electron chi connectivity index (χ4n) is 2.75. The Hall–Kier alpha value is -2.34. The molecule has 0 saturated carbocycles. The van der Waals surface area contributed by atoms with Crippen molar-refractivity contribution in [3.8, 4) is 0 Å². The Morgan fingerprint density at radius 2 is 1.04 bits per heavy atom. The lowest BCUT2D eigenvalue weighted by Crippen LogP contribution is -2.49. The Labute approximate surface area is 154 Å². The maximum atomic E-state index is 14.4. The van der Waals surface area contributed by atoms with Crippen LogP contribution in [-0.2, 0) is 0 Å². The van der Waals surface area contributed by atoms with Crippen molar-refractivity contribution < 1.29 is 46.1 Å². The van der Waals surface area contributed by atoms with Gasteiger partial charge in [-0.1, -0.05) is 0 Å². The Morgan fingerprint density at radius 1 is 0.704 bits per heavy atom. The second-order valence-corrected chi connectivity index (χ2v) is 6.97. The summed E-state index contributed by atoms with van der Waals surface area (Å²) in [6.45, 7) is 0. The van der Waals surface area contributed by atoms with Crippen molar-refractivity contribution in [2.24, 2.45) is 0 Å². The highest BCUT2D eigenvalue weighted by Crippen LogP contribution is 2.65. The summed E-state index contributed by atoms with van der Waals surface area (Å²) in [4.78, 5) is 22.4. The molecule has 0 radical (unpaired) electrons. The van der Waals surface area contributed by atoms with E-state index in [0.717, 1.165) is 21.5 Å². The highest BCUT2D eigenvalue weighted by molar-refractivity contribution is 7.08. The molecule has 0 amide bonds. The SMILES string of the molecule is O=C(O)c1cscc1C1=C(c2cscc2C(=O)O)C(F)(F)C(F)(F)C1(F)F. The molecule has 0 atom stereocenters. The molecule has 12 heteroatoms. The van der Waals surface area contributed by atoms with Crippen molar-refractivity contribution in [3.63, 3.8) is 0 Å². The van der Waals surface area contributed by atoms with E-state index in [-0.39, 0.29) is 0 Å². The van der Waals surface area contributed by atoms with Gasteiger partial charge in [-0.3, -0.25) is 0 Å². The molecular formula is C15H6F6O4S2. The first-order valence-corrected chi connectivity index (χ1v) is 8.72. The number of carboxylic acids is 2. The molecule has 0 bridgehead atoms.